The summed E-state index contributed by atoms with van der Waals surface area (Å²) in [6.07, 6.45) is 3.68. The Kier molecular flexibility index (Phi) is 9.41. The quantitative estimate of drug-likeness (QED) is 0.248. The number of nitrogens with one attached hydrogen (secondary N) is 2. The minimum atomic E-state index is -4.21. The number of esters is 1. The number of benzene rings is 1. The van der Waals surface area contributed by atoms with E-state index < -0.39 is 50.3 Å². The van der Waals surface area contributed by atoms with Crippen molar-refractivity contribution in [3.05, 3.63) is 48.5 Å². The first-order chi connectivity index (χ1) is 20.2. The van der Waals surface area contributed by atoms with Crippen LogP contribution in [0.25, 0.3) is 5.65 Å². The van der Waals surface area contributed by atoms with Gasteiger partial charge in [-0.25, -0.2) is 19.0 Å². The lowest BCUT2D eigenvalue weighted by Gasteiger charge is -2.26. The summed E-state index contributed by atoms with van der Waals surface area (Å²) in [6, 6.07) is 7.31. The number of anilines is 1. The summed E-state index contributed by atoms with van der Waals surface area (Å²) in [4.78, 5) is 21.4. The van der Waals surface area contributed by atoms with Crippen molar-refractivity contribution in [3.63, 3.8) is 0 Å². The average Bonchev–Trinajstić information content (AvgIpc) is 3.49. The number of aliphatic hydroxyl groups is 2. The van der Waals surface area contributed by atoms with Gasteiger partial charge in [-0.3, -0.25) is 9.32 Å². The van der Waals surface area contributed by atoms with E-state index in [0.29, 0.717) is 30.1 Å². The van der Waals surface area contributed by atoms with Gasteiger partial charge in [0.25, 0.3) is 0 Å². The molecule has 0 saturated carbocycles. The number of hydrogen-bond donors (Lipinski definition) is 4. The predicted octanol–water partition coefficient (Wildman–Crippen LogP) is 2.78. The Bertz CT molecular complexity index is 1410. The highest BCUT2D eigenvalue weighted by Gasteiger charge is 2.54. The number of hydrogen-bond acceptors (Lipinski definition) is 12. The Morgan fingerprint density at radius 3 is 2.71 bits per heavy atom. The van der Waals surface area contributed by atoms with Gasteiger partial charge in [0.2, 0.25) is 0 Å². The third-order valence-electron chi connectivity index (χ3n) is 7.33. The van der Waals surface area contributed by atoms with Gasteiger partial charge in [-0.15, -0.1) is 0 Å². The molecule has 228 valence electrons. The zero-order valence-electron chi connectivity index (χ0n) is 23.6. The maximum atomic E-state index is 13.9. The molecule has 1 aromatic carbocycles. The number of carbonyl (C=O) groups is 1. The minimum Gasteiger partial charge on any atom is -0.465 e. The van der Waals surface area contributed by atoms with Crippen LogP contribution in [-0.2, 0) is 23.4 Å². The van der Waals surface area contributed by atoms with E-state index in [1.165, 1.54) is 30.9 Å². The van der Waals surface area contributed by atoms with E-state index in [0.717, 1.165) is 25.7 Å². The molecule has 0 radical (unpaired) electrons. The van der Waals surface area contributed by atoms with Crippen LogP contribution in [0.2, 0.25) is 0 Å². The Hall–Kier alpha value is -3.13. The first-order valence-electron chi connectivity index (χ1n) is 14.1. The van der Waals surface area contributed by atoms with Crippen LogP contribution in [0.5, 0.6) is 5.75 Å². The molecule has 15 heteroatoms. The Morgan fingerprint density at radius 2 is 1.90 bits per heavy atom. The number of carbonyl (C=O) groups excluding carboxylic acids is 1. The van der Waals surface area contributed by atoms with Crippen LogP contribution in [0.3, 0.4) is 0 Å². The molecular formula is C27H37N6O8P. The topological polar surface area (TPSA) is 179 Å². The van der Waals surface area contributed by atoms with Gasteiger partial charge in [-0.2, -0.15) is 10.2 Å². The van der Waals surface area contributed by atoms with Crippen molar-refractivity contribution in [2.45, 2.75) is 75.9 Å². The molecule has 0 spiro atoms. The molecule has 4 heterocycles. The van der Waals surface area contributed by atoms with Gasteiger partial charge in [0.15, 0.2) is 11.5 Å². The second kappa shape index (κ2) is 13.0. The largest absolute Gasteiger partial charge is 0.465 e. The van der Waals surface area contributed by atoms with Crippen molar-refractivity contribution >= 4 is 25.2 Å². The van der Waals surface area contributed by atoms with Crippen molar-refractivity contribution in [2.24, 2.45) is 0 Å². The summed E-state index contributed by atoms with van der Waals surface area (Å²) in [7, 11) is -4.21. The van der Waals surface area contributed by atoms with Gasteiger partial charge in [0.1, 0.15) is 42.0 Å². The predicted molar refractivity (Wildman–Crippen MR) is 151 cm³/mol. The number of ether oxygens (including phenoxy) is 2. The molecule has 14 nitrogen and oxygen atoms in total. The van der Waals surface area contributed by atoms with E-state index in [-0.39, 0.29) is 12.4 Å². The van der Waals surface area contributed by atoms with Crippen molar-refractivity contribution in [1.82, 2.24) is 24.7 Å². The lowest BCUT2D eigenvalue weighted by Crippen LogP contribution is -2.43. The number of para-hydroxylation sites is 1. The monoisotopic (exact) mass is 604 g/mol. The molecule has 5 rings (SSSR count). The Labute approximate surface area is 243 Å². The van der Waals surface area contributed by atoms with Crippen LogP contribution < -0.4 is 14.9 Å². The number of aliphatic hydroxyl groups excluding tert-OH is 1. The molecule has 1 saturated heterocycles. The summed E-state index contributed by atoms with van der Waals surface area (Å²) >= 11 is 0. The van der Waals surface area contributed by atoms with E-state index >= 15 is 0 Å². The normalized spacial score (nSPS) is 32.0. The van der Waals surface area contributed by atoms with Crippen LogP contribution in [0.1, 0.15) is 57.7 Å². The van der Waals surface area contributed by atoms with Gasteiger partial charge < -0.3 is 29.5 Å². The molecular weight excluding hydrogens is 567 g/mol. The number of imidazole rings is 1. The summed E-state index contributed by atoms with van der Waals surface area (Å²) in [5.41, 5.74) is -0.946. The minimum absolute atomic E-state index is 0.230. The van der Waals surface area contributed by atoms with Crippen LogP contribution >= 0.6 is 7.75 Å². The number of cyclic esters (lactones) is 1. The lowest BCUT2D eigenvalue weighted by molar-refractivity contribution is -0.145. The number of fused-ring (bicyclic) bond motifs is 3. The third kappa shape index (κ3) is 6.74. The summed E-state index contributed by atoms with van der Waals surface area (Å²) in [5.74, 6) is 0.165. The van der Waals surface area contributed by atoms with E-state index in [9.17, 15) is 19.6 Å². The third-order valence-corrected chi connectivity index (χ3v) is 8.98. The molecule has 2 aliphatic heterocycles. The fourth-order valence-electron chi connectivity index (χ4n) is 4.99. The van der Waals surface area contributed by atoms with Gasteiger partial charge in [0.05, 0.1) is 25.1 Å². The highest BCUT2D eigenvalue weighted by molar-refractivity contribution is 7.52. The fourth-order valence-corrected chi connectivity index (χ4v) is 6.49. The van der Waals surface area contributed by atoms with Crippen molar-refractivity contribution in [2.75, 3.05) is 25.1 Å². The SMILES string of the molecule is C[C@H]1NP(=O)(Oc2ccccc2)OC[C@H]2O[C@@H](c3cnc4c(ncnn34)NCCCCCCCOC1=O)[C@](C)(O)[C@@H]2O. The fraction of sp³-hybridized carbons (Fsp3) is 0.556. The smallest absolute Gasteiger partial charge is 0.459 e. The standard InChI is InChI=1S/C27H37N6O8P/c1-18-26(35)38-14-10-5-3-4-9-13-28-24-25-29-15-20(33(25)31-17-30-24)23-27(2,36)22(34)21(40-23)16-39-42(37,32-18)41-19-11-7-6-8-12-19/h6-8,11-12,15,17-18,21-23,34,36H,3-5,9-10,13-14,16H2,1-2H3,(H,32,37)(H,28,30,31)/t18-,21-,22-,23+,27-,42?/m1/s1. The second-order valence-electron chi connectivity index (χ2n) is 10.7. The number of aromatic nitrogens is 4. The number of rotatable bonds is 2. The molecule has 1 fully saturated rings. The maximum absolute atomic E-state index is 13.9. The van der Waals surface area contributed by atoms with Crippen molar-refractivity contribution in [1.29, 1.82) is 0 Å². The number of nitrogens with zero attached hydrogens (tertiary/aromatic N) is 4. The molecule has 42 heavy (non-hydrogen) atoms. The van der Waals surface area contributed by atoms with Crippen molar-refractivity contribution in [3.8, 4) is 5.75 Å². The Morgan fingerprint density at radius 1 is 1.14 bits per heavy atom. The lowest BCUT2D eigenvalue weighted by atomic mass is 9.91. The second-order valence-corrected chi connectivity index (χ2v) is 12.4. The molecule has 3 aromatic rings. The van der Waals surface area contributed by atoms with Gasteiger partial charge in [-0.1, -0.05) is 37.5 Å². The van der Waals surface area contributed by atoms with Gasteiger partial charge in [-0.05, 0) is 38.8 Å². The zero-order chi connectivity index (χ0) is 29.7. The van der Waals surface area contributed by atoms with E-state index in [1.807, 2.05) is 0 Å². The molecule has 4 N–H and O–H groups in total. The molecule has 2 aliphatic rings. The van der Waals surface area contributed by atoms with Crippen LogP contribution in [-0.4, -0.2) is 79.4 Å². The first-order valence-corrected chi connectivity index (χ1v) is 15.6. The molecule has 1 unspecified atom stereocenters. The van der Waals surface area contributed by atoms with Crippen LogP contribution in [0.4, 0.5) is 5.82 Å². The van der Waals surface area contributed by atoms with Crippen LogP contribution in [0.15, 0.2) is 42.9 Å². The average molecular weight is 605 g/mol. The highest BCUT2D eigenvalue weighted by atomic mass is 31.2. The van der Waals surface area contributed by atoms with Gasteiger partial charge >= 0.3 is 13.7 Å². The molecule has 0 aliphatic carbocycles. The van der Waals surface area contributed by atoms with Crippen molar-refractivity contribution < 1.29 is 38.1 Å². The zero-order valence-corrected chi connectivity index (χ0v) is 24.5. The van der Waals surface area contributed by atoms with E-state index in [2.05, 4.69) is 25.5 Å². The molecule has 0 amide bonds. The highest BCUT2D eigenvalue weighted by Crippen LogP contribution is 2.47. The molecule has 2 aromatic heterocycles. The van der Waals surface area contributed by atoms with Gasteiger partial charge in [0, 0.05) is 6.54 Å². The summed E-state index contributed by atoms with van der Waals surface area (Å²) in [5, 5.41) is 32.6. The van der Waals surface area contributed by atoms with Crippen LogP contribution in [0, 0.1) is 0 Å². The van der Waals surface area contributed by atoms with E-state index in [1.54, 1.807) is 30.3 Å². The summed E-state index contributed by atoms with van der Waals surface area (Å²) in [6.45, 7) is 3.40. The first kappa shape index (κ1) is 30.3. The maximum Gasteiger partial charge on any atom is 0.459 e. The Balaban J connectivity index is 1.42. The molecule has 6 atom stereocenters. The van der Waals surface area contributed by atoms with E-state index in [4.69, 9.17) is 18.5 Å². The molecule has 6 bridgehead atoms. The summed E-state index contributed by atoms with van der Waals surface area (Å²) < 4.78 is 38.3.